The van der Waals surface area contributed by atoms with Gasteiger partial charge in [-0.1, -0.05) is 18.2 Å². The number of nitrogens with one attached hydrogen (secondary N) is 1. The third-order valence-electron chi connectivity index (χ3n) is 2.86. The van der Waals surface area contributed by atoms with Gasteiger partial charge < -0.3 is 5.32 Å². The molecule has 0 fully saturated rings. The van der Waals surface area contributed by atoms with Crippen LogP contribution in [0.2, 0.25) is 0 Å². The second-order valence-electron chi connectivity index (χ2n) is 4.54. The molecular formula is C15H14N4OS. The number of benzene rings is 1. The summed E-state index contributed by atoms with van der Waals surface area (Å²) in [5.41, 5.74) is 1.59. The van der Waals surface area contributed by atoms with Crippen molar-refractivity contribution < 1.29 is 4.79 Å². The SMILES string of the molecule is Cc1cc2nccc(NC(=O)CSc3ccccc3)n2n1. The van der Waals surface area contributed by atoms with Crippen LogP contribution in [0.5, 0.6) is 0 Å². The first-order valence-electron chi connectivity index (χ1n) is 6.51. The first kappa shape index (κ1) is 13.6. The first-order chi connectivity index (χ1) is 10.2. The summed E-state index contributed by atoms with van der Waals surface area (Å²) in [5, 5.41) is 7.19. The molecule has 0 saturated carbocycles. The van der Waals surface area contributed by atoms with Gasteiger partial charge in [-0.25, -0.2) is 4.98 Å². The summed E-state index contributed by atoms with van der Waals surface area (Å²) in [6.45, 7) is 1.89. The highest BCUT2D eigenvalue weighted by atomic mass is 32.2. The fourth-order valence-corrected chi connectivity index (χ4v) is 2.67. The Morgan fingerprint density at radius 2 is 2.10 bits per heavy atom. The van der Waals surface area contributed by atoms with Gasteiger partial charge in [-0.15, -0.1) is 11.8 Å². The Balaban J connectivity index is 1.69. The lowest BCUT2D eigenvalue weighted by molar-refractivity contribution is -0.113. The monoisotopic (exact) mass is 298 g/mol. The molecule has 5 nitrogen and oxygen atoms in total. The molecule has 0 saturated heterocycles. The Hall–Kier alpha value is -2.34. The topological polar surface area (TPSA) is 59.3 Å². The molecule has 2 heterocycles. The highest BCUT2D eigenvalue weighted by Gasteiger charge is 2.08. The summed E-state index contributed by atoms with van der Waals surface area (Å²) in [7, 11) is 0. The van der Waals surface area contributed by atoms with Gasteiger partial charge >= 0.3 is 0 Å². The largest absolute Gasteiger partial charge is 0.310 e. The lowest BCUT2D eigenvalue weighted by Crippen LogP contribution is -2.16. The number of aryl methyl sites for hydroxylation is 1. The van der Waals surface area contributed by atoms with E-state index < -0.39 is 0 Å². The van der Waals surface area contributed by atoms with Crippen LogP contribution in [-0.2, 0) is 4.79 Å². The molecule has 106 valence electrons. The van der Waals surface area contributed by atoms with E-state index in [-0.39, 0.29) is 5.91 Å². The maximum absolute atomic E-state index is 12.0. The van der Waals surface area contributed by atoms with E-state index in [1.165, 1.54) is 11.8 Å². The fourth-order valence-electron chi connectivity index (χ4n) is 1.95. The molecule has 0 unspecified atom stereocenters. The Morgan fingerprint density at radius 1 is 1.29 bits per heavy atom. The van der Waals surface area contributed by atoms with Gasteiger partial charge in [0.15, 0.2) is 5.65 Å². The molecule has 0 bridgehead atoms. The molecule has 0 spiro atoms. The number of hydrogen-bond acceptors (Lipinski definition) is 4. The number of carbonyl (C=O) groups excluding carboxylic acids is 1. The van der Waals surface area contributed by atoms with Crippen LogP contribution in [0.25, 0.3) is 5.65 Å². The Kier molecular flexibility index (Phi) is 3.87. The van der Waals surface area contributed by atoms with Crippen LogP contribution in [0, 0.1) is 6.92 Å². The number of aromatic nitrogens is 3. The van der Waals surface area contributed by atoms with Crippen molar-refractivity contribution in [3.05, 3.63) is 54.4 Å². The average molecular weight is 298 g/mol. The van der Waals surface area contributed by atoms with Gasteiger partial charge in [-0.2, -0.15) is 9.61 Å². The molecule has 3 rings (SSSR count). The number of carbonyl (C=O) groups is 1. The Bertz CT molecular complexity index is 770. The van der Waals surface area contributed by atoms with Crippen molar-refractivity contribution in [2.75, 3.05) is 11.1 Å². The molecule has 0 aliphatic carbocycles. The van der Waals surface area contributed by atoms with Gasteiger partial charge in [0.1, 0.15) is 5.82 Å². The minimum absolute atomic E-state index is 0.0653. The minimum Gasteiger partial charge on any atom is -0.310 e. The molecular weight excluding hydrogens is 284 g/mol. The van der Waals surface area contributed by atoms with Crippen molar-refractivity contribution in [3.63, 3.8) is 0 Å². The highest BCUT2D eigenvalue weighted by molar-refractivity contribution is 8.00. The van der Waals surface area contributed by atoms with E-state index in [9.17, 15) is 4.79 Å². The van der Waals surface area contributed by atoms with Crippen molar-refractivity contribution in [2.24, 2.45) is 0 Å². The van der Waals surface area contributed by atoms with E-state index in [1.807, 2.05) is 43.3 Å². The normalized spacial score (nSPS) is 10.7. The van der Waals surface area contributed by atoms with Gasteiger partial charge in [0.05, 0.1) is 11.4 Å². The van der Waals surface area contributed by atoms with Gasteiger partial charge in [0.2, 0.25) is 5.91 Å². The summed E-state index contributed by atoms with van der Waals surface area (Å²) >= 11 is 1.50. The smallest absolute Gasteiger partial charge is 0.235 e. The van der Waals surface area contributed by atoms with E-state index in [0.717, 1.165) is 16.2 Å². The van der Waals surface area contributed by atoms with Crippen molar-refractivity contribution in [2.45, 2.75) is 11.8 Å². The van der Waals surface area contributed by atoms with Gasteiger partial charge in [0, 0.05) is 17.2 Å². The molecule has 0 aliphatic rings. The van der Waals surface area contributed by atoms with Crippen LogP contribution < -0.4 is 5.32 Å². The molecule has 0 atom stereocenters. The maximum atomic E-state index is 12.0. The number of rotatable bonds is 4. The predicted octanol–water partition coefficient (Wildman–Crippen LogP) is 2.77. The maximum Gasteiger partial charge on any atom is 0.235 e. The zero-order chi connectivity index (χ0) is 14.7. The van der Waals surface area contributed by atoms with Crippen LogP contribution in [0.4, 0.5) is 5.82 Å². The number of anilines is 1. The van der Waals surface area contributed by atoms with Crippen LogP contribution in [0.1, 0.15) is 5.69 Å². The van der Waals surface area contributed by atoms with E-state index in [2.05, 4.69) is 15.4 Å². The number of nitrogens with zero attached hydrogens (tertiary/aromatic N) is 3. The number of thioether (sulfide) groups is 1. The van der Waals surface area contributed by atoms with Gasteiger partial charge in [-0.05, 0) is 25.1 Å². The molecule has 1 amide bonds. The van der Waals surface area contributed by atoms with Crippen LogP contribution in [0.15, 0.2) is 53.6 Å². The standard InChI is InChI=1S/C15H14N4OS/c1-11-9-14-16-8-7-13(19(14)18-11)17-15(20)10-21-12-5-3-2-4-6-12/h2-9H,10H2,1H3,(H,17,20). The lowest BCUT2D eigenvalue weighted by atomic mass is 10.4. The van der Waals surface area contributed by atoms with Crippen LogP contribution >= 0.6 is 11.8 Å². The zero-order valence-corrected chi connectivity index (χ0v) is 12.3. The molecule has 0 aliphatic heterocycles. The summed E-state index contributed by atoms with van der Waals surface area (Å²) in [4.78, 5) is 17.3. The van der Waals surface area contributed by atoms with E-state index >= 15 is 0 Å². The summed E-state index contributed by atoms with van der Waals surface area (Å²) in [6.07, 6.45) is 1.66. The number of fused-ring (bicyclic) bond motifs is 1. The van der Waals surface area contributed by atoms with Crippen LogP contribution in [0.3, 0.4) is 0 Å². The summed E-state index contributed by atoms with van der Waals surface area (Å²) < 4.78 is 1.64. The second-order valence-corrected chi connectivity index (χ2v) is 5.58. The molecule has 3 aromatic rings. The van der Waals surface area contributed by atoms with Crippen molar-refractivity contribution in [1.29, 1.82) is 0 Å². The number of amides is 1. The average Bonchev–Trinajstić information content (AvgIpc) is 2.88. The zero-order valence-electron chi connectivity index (χ0n) is 11.5. The Labute approximate surface area is 126 Å². The van der Waals surface area contributed by atoms with E-state index in [0.29, 0.717) is 11.6 Å². The summed E-state index contributed by atoms with van der Waals surface area (Å²) in [6, 6.07) is 13.5. The third-order valence-corrected chi connectivity index (χ3v) is 3.87. The number of hydrogen-bond donors (Lipinski definition) is 1. The van der Waals surface area contributed by atoms with Crippen molar-refractivity contribution in [1.82, 2.24) is 14.6 Å². The third kappa shape index (κ3) is 3.22. The van der Waals surface area contributed by atoms with E-state index in [4.69, 9.17) is 0 Å². The minimum atomic E-state index is -0.0653. The van der Waals surface area contributed by atoms with Gasteiger partial charge in [-0.3, -0.25) is 4.79 Å². The highest BCUT2D eigenvalue weighted by Crippen LogP contribution is 2.17. The van der Waals surface area contributed by atoms with Gasteiger partial charge in [0.25, 0.3) is 0 Å². The Morgan fingerprint density at radius 3 is 2.90 bits per heavy atom. The molecule has 21 heavy (non-hydrogen) atoms. The first-order valence-corrected chi connectivity index (χ1v) is 7.50. The summed E-state index contributed by atoms with van der Waals surface area (Å²) in [5.74, 6) is 0.921. The van der Waals surface area contributed by atoms with Crippen LogP contribution in [-0.4, -0.2) is 26.3 Å². The second kappa shape index (κ2) is 5.97. The molecule has 2 aromatic heterocycles. The van der Waals surface area contributed by atoms with Crippen molar-refractivity contribution in [3.8, 4) is 0 Å². The van der Waals surface area contributed by atoms with Crippen molar-refractivity contribution >= 4 is 29.1 Å². The predicted molar refractivity (Wildman–Crippen MR) is 83.5 cm³/mol. The molecule has 1 aromatic carbocycles. The van der Waals surface area contributed by atoms with E-state index in [1.54, 1.807) is 16.8 Å². The molecule has 6 heteroatoms. The lowest BCUT2D eigenvalue weighted by Gasteiger charge is -2.06. The quantitative estimate of drug-likeness (QED) is 0.752. The molecule has 0 radical (unpaired) electrons. The molecule has 1 N–H and O–H groups in total. The fraction of sp³-hybridized carbons (Fsp3) is 0.133.